The van der Waals surface area contributed by atoms with Crippen LogP contribution < -0.4 is 9.30 Å². The van der Waals surface area contributed by atoms with Gasteiger partial charge in [-0.2, -0.15) is 0 Å². The lowest BCUT2D eigenvalue weighted by atomic mass is 9.80. The molecule has 0 saturated carbocycles. The molecule has 8 heteroatoms. The Morgan fingerprint density at radius 2 is 1.72 bits per heavy atom. The molecular formula is C28H29ClN3O2S2+. The fourth-order valence-corrected chi connectivity index (χ4v) is 7.43. The first-order chi connectivity index (χ1) is 17.0. The third kappa shape index (κ3) is 4.11. The van der Waals surface area contributed by atoms with E-state index in [1.54, 1.807) is 28.7 Å². The van der Waals surface area contributed by atoms with Gasteiger partial charge in [0.05, 0.1) is 19.1 Å². The Morgan fingerprint density at radius 3 is 2.39 bits per heavy atom. The molecule has 5 nitrogen and oxygen atoms in total. The third-order valence-corrected chi connectivity index (χ3v) is 9.68. The zero-order valence-electron chi connectivity index (χ0n) is 21.2. The van der Waals surface area contributed by atoms with Crippen molar-refractivity contribution in [3.63, 3.8) is 0 Å². The molecule has 0 amide bonds. The summed E-state index contributed by atoms with van der Waals surface area (Å²) in [5.74, 6) is 2.58. The normalized spacial score (nSPS) is 15.9. The van der Waals surface area contributed by atoms with Crippen LogP contribution in [0.2, 0.25) is 5.02 Å². The van der Waals surface area contributed by atoms with Crippen LogP contribution in [-0.4, -0.2) is 22.9 Å². The van der Waals surface area contributed by atoms with Gasteiger partial charge >= 0.3 is 5.95 Å². The Hall–Kier alpha value is -2.48. The number of fused-ring (bicyclic) bond motifs is 2. The molecule has 186 valence electrons. The van der Waals surface area contributed by atoms with Crippen LogP contribution >= 0.6 is 33.2 Å². The molecule has 1 N–H and O–H groups in total. The summed E-state index contributed by atoms with van der Waals surface area (Å²) in [6, 6.07) is 14.0. The van der Waals surface area contributed by atoms with Crippen LogP contribution in [0.15, 0.2) is 53.6 Å². The van der Waals surface area contributed by atoms with Crippen molar-refractivity contribution in [1.29, 1.82) is 0 Å². The zero-order chi connectivity index (χ0) is 25.8. The van der Waals surface area contributed by atoms with E-state index in [1.165, 1.54) is 0 Å². The van der Waals surface area contributed by atoms with Crippen molar-refractivity contribution in [1.82, 2.24) is 9.97 Å². The summed E-state index contributed by atoms with van der Waals surface area (Å²) in [5.41, 5.74) is 5.04. The molecule has 2 aromatic heterocycles. The summed E-state index contributed by atoms with van der Waals surface area (Å²) in [7, 11) is 5.15. The van der Waals surface area contributed by atoms with E-state index in [9.17, 15) is 4.79 Å². The molecule has 0 unspecified atom stereocenters. The summed E-state index contributed by atoms with van der Waals surface area (Å²) >= 11 is 6.03. The number of hydrogen-bond donors (Lipinski definition) is 1. The van der Waals surface area contributed by atoms with Gasteiger partial charge in [0.25, 0.3) is 0 Å². The van der Waals surface area contributed by atoms with E-state index >= 15 is 0 Å². The number of Topliss-reactive ketones (excluding diaryl/α,β-unsaturated/α-hetero) is 1. The molecule has 0 atom stereocenters. The van der Waals surface area contributed by atoms with Crippen LogP contribution in [0.4, 0.5) is 0 Å². The molecule has 1 aliphatic carbocycles. The predicted octanol–water partition coefficient (Wildman–Crippen LogP) is 6.89. The summed E-state index contributed by atoms with van der Waals surface area (Å²) in [6.07, 6.45) is 2.00. The molecular weight excluding hydrogens is 510 g/mol. The number of methoxy groups -OCH3 is 1. The van der Waals surface area contributed by atoms with Gasteiger partial charge in [-0.1, -0.05) is 38.2 Å². The Morgan fingerprint density at radius 1 is 1.06 bits per heavy atom. The molecule has 0 spiro atoms. The first kappa shape index (κ1) is 25.2. The molecule has 36 heavy (non-hydrogen) atoms. The van der Waals surface area contributed by atoms with Crippen molar-refractivity contribution in [3.8, 4) is 11.7 Å². The van der Waals surface area contributed by atoms with Gasteiger partial charge in [-0.05, 0) is 82.1 Å². The Labute approximate surface area is 224 Å². The first-order valence-electron chi connectivity index (χ1n) is 11.8. The quantitative estimate of drug-likeness (QED) is 0.214. The number of hydrogen-bond acceptors (Lipinski definition) is 5. The number of aromatic nitrogens is 3. The maximum absolute atomic E-state index is 13.1. The molecule has 1 aliphatic rings. The maximum Gasteiger partial charge on any atom is 0.402 e. The van der Waals surface area contributed by atoms with Crippen LogP contribution in [0, 0.1) is 6.92 Å². The molecule has 0 saturated heterocycles. The molecule has 2 heterocycles. The minimum absolute atomic E-state index is 0.246. The van der Waals surface area contributed by atoms with Crippen LogP contribution in [0.25, 0.3) is 17.0 Å². The van der Waals surface area contributed by atoms with Crippen molar-refractivity contribution in [2.45, 2.75) is 56.1 Å². The van der Waals surface area contributed by atoms with Gasteiger partial charge in [0, 0.05) is 32.4 Å². The molecule has 0 fully saturated rings. The lowest BCUT2D eigenvalue weighted by Gasteiger charge is -2.21. The molecule has 0 radical (unpaired) electrons. The topological polar surface area (TPSA) is 58.9 Å². The minimum Gasteiger partial charge on any atom is -0.496 e. The van der Waals surface area contributed by atoms with E-state index in [0.717, 1.165) is 60.8 Å². The van der Waals surface area contributed by atoms with Crippen LogP contribution in [-0.2, 0) is 21.4 Å². The highest BCUT2D eigenvalue weighted by atomic mass is 35.5. The highest BCUT2D eigenvalue weighted by Crippen LogP contribution is 2.47. The monoisotopic (exact) mass is 538 g/mol. The maximum atomic E-state index is 13.1. The number of rotatable bonds is 6. The standard InChI is InChI=1S/C28H29ClN3O2S2/c1-16-23(15-35-36-18-9-7-17(29)8-10-18)32(12-11-24(16)34-6)26-30-21-13-19-20(14-22(21)31-26)28(4,5)25(33)27(19,2)3/h7-14H,15H2,1-6H3,(H,30,31)/q+1. The number of nitrogens with zero attached hydrogens (tertiary/aromatic N) is 2. The molecule has 0 bridgehead atoms. The van der Waals surface area contributed by atoms with Crippen molar-refractivity contribution < 1.29 is 14.1 Å². The van der Waals surface area contributed by atoms with Crippen LogP contribution in [0.5, 0.6) is 5.75 Å². The number of nitrogens with one attached hydrogen (secondary N) is 1. The van der Waals surface area contributed by atoms with E-state index in [2.05, 4.69) is 28.6 Å². The Balaban J connectivity index is 1.53. The number of aromatic amines is 1. The highest BCUT2D eigenvalue weighted by Gasteiger charge is 2.50. The van der Waals surface area contributed by atoms with Gasteiger partial charge in [0.1, 0.15) is 17.0 Å². The van der Waals surface area contributed by atoms with E-state index in [-0.39, 0.29) is 5.78 Å². The molecule has 4 aromatic rings. The summed E-state index contributed by atoms with van der Waals surface area (Å²) in [5, 5.41) is 0.734. The lowest BCUT2D eigenvalue weighted by molar-refractivity contribution is -0.610. The average Bonchev–Trinajstić information content (AvgIpc) is 3.32. The van der Waals surface area contributed by atoms with Gasteiger partial charge < -0.3 is 4.74 Å². The van der Waals surface area contributed by atoms with Crippen molar-refractivity contribution in [2.24, 2.45) is 0 Å². The number of benzene rings is 2. The van der Waals surface area contributed by atoms with E-state index in [4.69, 9.17) is 21.3 Å². The number of halogens is 1. The Bertz CT molecular complexity index is 1440. The number of H-pyrrole nitrogens is 1. The predicted molar refractivity (Wildman–Crippen MR) is 149 cm³/mol. The lowest BCUT2D eigenvalue weighted by Crippen LogP contribution is -2.37. The van der Waals surface area contributed by atoms with Gasteiger partial charge in [0.15, 0.2) is 11.3 Å². The van der Waals surface area contributed by atoms with Crippen molar-refractivity contribution in [2.75, 3.05) is 7.11 Å². The Kier molecular flexibility index (Phi) is 6.38. The van der Waals surface area contributed by atoms with E-state index in [1.807, 2.05) is 64.2 Å². The molecule has 2 aromatic carbocycles. The number of carbonyl (C=O) groups excluding carboxylic acids is 1. The van der Waals surface area contributed by atoms with E-state index in [0.29, 0.717) is 0 Å². The van der Waals surface area contributed by atoms with Gasteiger partial charge in [-0.25, -0.2) is 9.55 Å². The number of imidazole rings is 1. The highest BCUT2D eigenvalue weighted by molar-refractivity contribution is 8.76. The smallest absolute Gasteiger partial charge is 0.402 e. The summed E-state index contributed by atoms with van der Waals surface area (Å²) < 4.78 is 7.71. The molecule has 0 aliphatic heterocycles. The fraction of sp³-hybridized carbons (Fsp3) is 0.321. The van der Waals surface area contributed by atoms with Crippen LogP contribution in [0.3, 0.4) is 0 Å². The average molecular weight is 539 g/mol. The SMILES string of the molecule is COc1cc[n+](-c2nc3cc4c(cc3[nH]2)C(C)(C)C(=O)C4(C)C)c(CSSc2ccc(Cl)cc2)c1C. The number of ketones is 1. The van der Waals surface area contributed by atoms with Gasteiger partial charge in [-0.15, -0.1) is 0 Å². The number of ether oxygens (including phenoxy) is 1. The minimum atomic E-state index is -0.531. The number of pyridine rings is 1. The second-order valence-electron chi connectivity index (χ2n) is 10.2. The third-order valence-electron chi connectivity index (χ3n) is 7.17. The van der Waals surface area contributed by atoms with Crippen LogP contribution in [0.1, 0.15) is 50.1 Å². The zero-order valence-corrected chi connectivity index (χ0v) is 23.6. The molecule has 5 rings (SSSR count). The summed E-state index contributed by atoms with van der Waals surface area (Å²) in [6.45, 7) is 10.1. The number of carbonyl (C=O) groups is 1. The second kappa shape index (κ2) is 9.12. The second-order valence-corrected chi connectivity index (χ2v) is 13.0. The first-order valence-corrected chi connectivity index (χ1v) is 14.5. The largest absolute Gasteiger partial charge is 0.496 e. The van der Waals surface area contributed by atoms with E-state index < -0.39 is 10.8 Å². The van der Waals surface area contributed by atoms with Crippen molar-refractivity contribution in [3.05, 3.63) is 76.1 Å². The fourth-order valence-electron chi connectivity index (χ4n) is 5.14. The summed E-state index contributed by atoms with van der Waals surface area (Å²) in [4.78, 5) is 22.7. The van der Waals surface area contributed by atoms with Gasteiger partial charge in [0.2, 0.25) is 0 Å². The van der Waals surface area contributed by atoms with Crippen molar-refractivity contribution >= 4 is 50.0 Å². The van der Waals surface area contributed by atoms with Gasteiger partial charge in [-0.3, -0.25) is 4.79 Å².